The van der Waals surface area contributed by atoms with Crippen molar-refractivity contribution in [2.45, 2.75) is 70.7 Å². The number of aromatic amines is 1. The minimum absolute atomic E-state index is 0.00956. The number of aromatic nitrogens is 3. The van der Waals surface area contributed by atoms with E-state index in [1.807, 2.05) is 26.8 Å². The Hall–Kier alpha value is -2.98. The Balaban J connectivity index is 1.69. The van der Waals surface area contributed by atoms with Gasteiger partial charge in [-0.15, -0.1) is 0 Å². The third kappa shape index (κ3) is 7.75. The molecule has 0 fully saturated rings. The fourth-order valence-corrected chi connectivity index (χ4v) is 5.58. The van der Waals surface area contributed by atoms with Crippen LogP contribution < -0.4 is 5.32 Å². The maximum Gasteiger partial charge on any atom is 0.407 e. The average Bonchev–Trinajstić information content (AvgIpc) is 3.25. The number of hydrogen-bond acceptors (Lipinski definition) is 6. The summed E-state index contributed by atoms with van der Waals surface area (Å²) in [7, 11) is -2.24. The second-order valence-electron chi connectivity index (χ2n) is 9.83. The van der Waals surface area contributed by atoms with Crippen LogP contribution in [0, 0.1) is 12.8 Å². The quantitative estimate of drug-likeness (QED) is 0.307. The molecular weight excluding hydrogens is 490 g/mol. The first kappa shape index (κ1) is 28.6. The van der Waals surface area contributed by atoms with Crippen molar-refractivity contribution in [1.29, 1.82) is 0 Å². The molecule has 3 rings (SSSR count). The SMILES string of the molecule is CCCCCNC(=O)OC[C@H](CC(C)C)N(C)S(=O)(=O)c1ccc(Cc2nccc3[nH]c(C)nc23)cc1. The highest BCUT2D eigenvalue weighted by Gasteiger charge is 2.29. The maximum atomic E-state index is 13.4. The van der Waals surface area contributed by atoms with Crippen molar-refractivity contribution in [2.75, 3.05) is 20.2 Å². The van der Waals surface area contributed by atoms with Crippen LogP contribution in [0.25, 0.3) is 11.0 Å². The monoisotopic (exact) mass is 529 g/mol. The molecule has 1 atom stereocenters. The average molecular weight is 530 g/mol. The van der Waals surface area contributed by atoms with Gasteiger partial charge in [0.1, 0.15) is 17.9 Å². The third-order valence-electron chi connectivity index (χ3n) is 6.28. The van der Waals surface area contributed by atoms with Gasteiger partial charge in [0.2, 0.25) is 10.0 Å². The Bertz CT molecular complexity index is 1270. The van der Waals surface area contributed by atoms with E-state index < -0.39 is 22.2 Å². The number of pyridine rings is 1. The number of carbonyl (C=O) groups is 1. The van der Waals surface area contributed by atoms with Gasteiger partial charge in [-0.25, -0.2) is 18.2 Å². The number of nitrogens with one attached hydrogen (secondary N) is 2. The van der Waals surface area contributed by atoms with Crippen LogP contribution in [-0.2, 0) is 21.2 Å². The van der Waals surface area contributed by atoms with E-state index in [1.54, 1.807) is 37.5 Å². The molecule has 1 aromatic carbocycles. The molecule has 0 bridgehead atoms. The zero-order valence-electron chi connectivity index (χ0n) is 22.5. The van der Waals surface area contributed by atoms with Gasteiger partial charge in [-0.2, -0.15) is 4.31 Å². The topological polar surface area (TPSA) is 117 Å². The molecule has 202 valence electrons. The number of likely N-dealkylation sites (N-methyl/N-ethyl adjacent to an activating group) is 1. The first-order valence-corrected chi connectivity index (χ1v) is 14.3. The van der Waals surface area contributed by atoms with Gasteiger partial charge < -0.3 is 15.0 Å². The summed E-state index contributed by atoms with van der Waals surface area (Å²) in [6.07, 6.45) is 5.31. The Morgan fingerprint density at radius 1 is 1.16 bits per heavy atom. The van der Waals surface area contributed by atoms with Crippen LogP contribution in [0.2, 0.25) is 0 Å². The molecule has 1 amide bonds. The van der Waals surface area contributed by atoms with Crippen LogP contribution >= 0.6 is 0 Å². The van der Waals surface area contributed by atoms with E-state index in [-0.39, 0.29) is 17.4 Å². The van der Waals surface area contributed by atoms with E-state index in [4.69, 9.17) is 4.74 Å². The molecule has 0 unspecified atom stereocenters. The van der Waals surface area contributed by atoms with Crippen molar-refractivity contribution in [2.24, 2.45) is 5.92 Å². The van der Waals surface area contributed by atoms with Gasteiger partial charge in [0, 0.05) is 26.2 Å². The summed E-state index contributed by atoms with van der Waals surface area (Å²) in [5, 5.41) is 2.73. The van der Waals surface area contributed by atoms with E-state index in [0.717, 1.165) is 47.4 Å². The normalized spacial score (nSPS) is 12.8. The largest absolute Gasteiger partial charge is 0.448 e. The number of unbranched alkanes of at least 4 members (excludes halogenated alkanes) is 2. The van der Waals surface area contributed by atoms with E-state index in [1.165, 1.54) is 4.31 Å². The number of amides is 1. The first-order chi connectivity index (χ1) is 17.6. The van der Waals surface area contributed by atoms with Crippen LogP contribution in [0.3, 0.4) is 0 Å². The minimum Gasteiger partial charge on any atom is -0.448 e. The van der Waals surface area contributed by atoms with Crippen LogP contribution in [0.15, 0.2) is 41.4 Å². The molecule has 0 aliphatic heterocycles. The molecule has 2 N–H and O–H groups in total. The van der Waals surface area contributed by atoms with Crippen molar-refractivity contribution in [1.82, 2.24) is 24.6 Å². The lowest BCUT2D eigenvalue weighted by Gasteiger charge is -2.28. The molecule has 9 nitrogen and oxygen atoms in total. The number of imidazole rings is 1. The van der Waals surface area contributed by atoms with Crippen molar-refractivity contribution >= 4 is 27.1 Å². The number of benzene rings is 1. The predicted molar refractivity (Wildman–Crippen MR) is 145 cm³/mol. The minimum atomic E-state index is -3.79. The van der Waals surface area contributed by atoms with Gasteiger partial charge in [0.25, 0.3) is 0 Å². The number of aryl methyl sites for hydroxylation is 1. The van der Waals surface area contributed by atoms with Gasteiger partial charge in [-0.05, 0) is 49.4 Å². The number of hydrogen-bond donors (Lipinski definition) is 2. The fourth-order valence-electron chi connectivity index (χ4n) is 4.23. The summed E-state index contributed by atoms with van der Waals surface area (Å²) in [6, 6.07) is 8.25. The fraction of sp³-hybridized carbons (Fsp3) is 0.519. The number of H-pyrrole nitrogens is 1. The second kappa shape index (κ2) is 13.0. The lowest BCUT2D eigenvalue weighted by Crippen LogP contribution is -2.42. The Kier molecular flexibility index (Phi) is 10.0. The smallest absolute Gasteiger partial charge is 0.407 e. The van der Waals surface area contributed by atoms with Crippen molar-refractivity contribution in [3.05, 3.63) is 53.6 Å². The molecule has 37 heavy (non-hydrogen) atoms. The summed E-state index contributed by atoms with van der Waals surface area (Å²) in [5.41, 5.74) is 3.51. The van der Waals surface area contributed by atoms with Crippen LogP contribution in [0.4, 0.5) is 4.79 Å². The van der Waals surface area contributed by atoms with Crippen LogP contribution in [0.5, 0.6) is 0 Å². The van der Waals surface area contributed by atoms with Crippen LogP contribution in [-0.4, -0.2) is 60.0 Å². The third-order valence-corrected chi connectivity index (χ3v) is 8.21. The van der Waals surface area contributed by atoms with Gasteiger partial charge in [0.05, 0.1) is 22.1 Å². The maximum absolute atomic E-state index is 13.4. The molecule has 3 aromatic rings. The molecule has 0 aliphatic carbocycles. The molecule has 0 saturated carbocycles. The van der Waals surface area contributed by atoms with Gasteiger partial charge in [-0.1, -0.05) is 45.7 Å². The summed E-state index contributed by atoms with van der Waals surface area (Å²) in [4.78, 5) is 24.5. The number of carbonyl (C=O) groups excluding carboxylic acids is 1. The summed E-state index contributed by atoms with van der Waals surface area (Å²) in [5.74, 6) is 1.05. The number of fused-ring (bicyclic) bond motifs is 1. The van der Waals surface area contributed by atoms with E-state index in [9.17, 15) is 13.2 Å². The predicted octanol–water partition coefficient (Wildman–Crippen LogP) is 4.81. The second-order valence-corrected chi connectivity index (χ2v) is 11.8. The van der Waals surface area contributed by atoms with Crippen molar-refractivity contribution in [3.8, 4) is 0 Å². The number of rotatable bonds is 13. The summed E-state index contributed by atoms with van der Waals surface area (Å²) < 4.78 is 33.6. The van der Waals surface area contributed by atoms with Crippen molar-refractivity contribution in [3.63, 3.8) is 0 Å². The van der Waals surface area contributed by atoms with Gasteiger partial charge in [0.15, 0.2) is 0 Å². The molecule has 0 spiro atoms. The molecule has 2 heterocycles. The highest BCUT2D eigenvalue weighted by Crippen LogP contribution is 2.23. The zero-order chi connectivity index (χ0) is 27.0. The lowest BCUT2D eigenvalue weighted by atomic mass is 10.0. The van der Waals surface area contributed by atoms with E-state index >= 15 is 0 Å². The van der Waals surface area contributed by atoms with Crippen LogP contribution in [0.1, 0.15) is 63.5 Å². The highest BCUT2D eigenvalue weighted by atomic mass is 32.2. The molecule has 0 saturated heterocycles. The molecule has 2 aromatic heterocycles. The molecule has 10 heteroatoms. The van der Waals surface area contributed by atoms with Gasteiger partial charge >= 0.3 is 6.09 Å². The summed E-state index contributed by atoms with van der Waals surface area (Å²) in [6.45, 7) is 8.57. The summed E-state index contributed by atoms with van der Waals surface area (Å²) >= 11 is 0. The number of alkyl carbamates (subject to hydrolysis) is 1. The molecule has 0 aliphatic rings. The Morgan fingerprint density at radius 2 is 1.89 bits per heavy atom. The molecular formula is C27H39N5O4S. The zero-order valence-corrected chi connectivity index (χ0v) is 23.3. The first-order valence-electron chi connectivity index (χ1n) is 12.9. The standard InChI is InChI=1S/C27H39N5O4S/c1-6-7-8-14-29-27(33)36-18-22(16-19(2)3)32(5)37(34,35)23-11-9-21(10-12-23)17-25-26-24(13-15-28-25)30-20(4)31-26/h9-13,15,19,22H,6-8,14,16-18H2,1-5H3,(H,29,33)(H,30,31)/t22-/m0/s1. The van der Waals surface area contributed by atoms with Gasteiger partial charge in [-0.3, -0.25) is 4.98 Å². The Labute approximate surface area is 220 Å². The van der Waals surface area contributed by atoms with Crippen molar-refractivity contribution < 1.29 is 17.9 Å². The lowest BCUT2D eigenvalue weighted by molar-refractivity contribution is 0.115. The number of nitrogens with zero attached hydrogens (tertiary/aromatic N) is 3. The Morgan fingerprint density at radius 3 is 2.57 bits per heavy atom. The van der Waals surface area contributed by atoms with E-state index in [0.29, 0.717) is 19.4 Å². The number of ether oxygens (including phenoxy) is 1. The number of sulfonamides is 1. The van der Waals surface area contributed by atoms with E-state index in [2.05, 4.69) is 27.2 Å². The highest BCUT2D eigenvalue weighted by molar-refractivity contribution is 7.89. The molecule has 0 radical (unpaired) electrons.